The van der Waals surface area contributed by atoms with Gasteiger partial charge in [0.05, 0.1) is 16.8 Å². The summed E-state index contributed by atoms with van der Waals surface area (Å²) in [5.41, 5.74) is 3.61. The first-order chi connectivity index (χ1) is 18.5. The van der Waals surface area contributed by atoms with Crippen LogP contribution in [-0.4, -0.2) is 28.4 Å². The Morgan fingerprint density at radius 2 is 1.66 bits per heavy atom. The number of amides is 1. The number of rotatable bonds is 4. The number of benzene rings is 3. The summed E-state index contributed by atoms with van der Waals surface area (Å²) in [6.07, 6.45) is 3.88. The lowest BCUT2D eigenvalue weighted by Crippen LogP contribution is -2.49. The highest BCUT2D eigenvalue weighted by Gasteiger charge is 2.70. The van der Waals surface area contributed by atoms with Crippen molar-refractivity contribution < 1.29 is 14.4 Å². The van der Waals surface area contributed by atoms with Gasteiger partial charge in [0.1, 0.15) is 11.5 Å². The van der Waals surface area contributed by atoms with Crippen LogP contribution in [0.3, 0.4) is 0 Å². The van der Waals surface area contributed by atoms with Gasteiger partial charge in [0.15, 0.2) is 11.6 Å². The van der Waals surface area contributed by atoms with Gasteiger partial charge in [-0.1, -0.05) is 78.4 Å². The van der Waals surface area contributed by atoms with Crippen molar-refractivity contribution >= 4 is 40.6 Å². The van der Waals surface area contributed by atoms with Gasteiger partial charge in [0, 0.05) is 17.5 Å². The van der Waals surface area contributed by atoms with Crippen LogP contribution in [0.4, 0.5) is 5.69 Å². The van der Waals surface area contributed by atoms with Gasteiger partial charge < -0.3 is 10.2 Å². The number of nitrogens with zero attached hydrogens (tertiary/aromatic N) is 1. The molecular formula is C32H24N2O3S. The molecule has 0 unspecified atom stereocenters. The monoisotopic (exact) mass is 516 g/mol. The fourth-order valence-electron chi connectivity index (χ4n) is 6.63. The van der Waals surface area contributed by atoms with Crippen LogP contribution in [0.25, 0.3) is 6.08 Å². The molecule has 3 aliphatic heterocycles. The van der Waals surface area contributed by atoms with E-state index >= 15 is 0 Å². The second kappa shape index (κ2) is 8.36. The first-order valence-corrected chi connectivity index (χ1v) is 13.5. The molecule has 1 saturated heterocycles. The zero-order chi connectivity index (χ0) is 26.0. The third kappa shape index (κ3) is 3.01. The molecule has 7 rings (SSSR count). The summed E-state index contributed by atoms with van der Waals surface area (Å²) in [6.45, 7) is 1.97. The highest BCUT2D eigenvalue weighted by Crippen LogP contribution is 2.62. The lowest BCUT2D eigenvalue weighted by atomic mass is 9.62. The minimum absolute atomic E-state index is 0.145. The van der Waals surface area contributed by atoms with Crippen LogP contribution in [-0.2, 0) is 10.2 Å². The van der Waals surface area contributed by atoms with E-state index in [1.807, 2.05) is 96.2 Å². The number of hydrogen-bond donors (Lipinski definition) is 1. The molecule has 0 aliphatic carbocycles. The number of carbonyl (C=O) groups excluding carboxylic acids is 3. The molecule has 186 valence electrons. The average molecular weight is 517 g/mol. The Morgan fingerprint density at radius 3 is 2.45 bits per heavy atom. The van der Waals surface area contributed by atoms with E-state index in [1.165, 1.54) is 11.3 Å². The highest BCUT2D eigenvalue weighted by molar-refractivity contribution is 7.12. The Kier molecular flexibility index (Phi) is 5.03. The molecule has 1 N–H and O–H groups in total. The van der Waals surface area contributed by atoms with Crippen molar-refractivity contribution in [1.82, 2.24) is 4.90 Å². The normalized spacial score (nSPS) is 24.6. The van der Waals surface area contributed by atoms with Crippen molar-refractivity contribution in [2.75, 3.05) is 5.32 Å². The number of para-hydroxylation sites is 1. The maximum atomic E-state index is 14.6. The number of thiophene rings is 1. The lowest BCUT2D eigenvalue weighted by molar-refractivity contribution is -0.122. The van der Waals surface area contributed by atoms with Crippen LogP contribution in [0.2, 0.25) is 0 Å². The quantitative estimate of drug-likeness (QED) is 0.336. The largest absolute Gasteiger partial charge is 0.358 e. The molecule has 0 radical (unpaired) electrons. The number of nitrogens with one attached hydrogen (secondary N) is 1. The zero-order valence-corrected chi connectivity index (χ0v) is 21.4. The van der Waals surface area contributed by atoms with Crippen molar-refractivity contribution in [3.8, 4) is 0 Å². The average Bonchev–Trinajstić information content (AvgIpc) is 3.65. The van der Waals surface area contributed by atoms with Crippen molar-refractivity contribution in [1.29, 1.82) is 0 Å². The lowest BCUT2D eigenvalue weighted by Gasteiger charge is -2.38. The smallest absolute Gasteiger partial charge is 0.238 e. The molecule has 4 atom stereocenters. The standard InChI is InChI=1S/C32H24N2O3S/c1-19-12-14-21(15-13-19)28(35)26-27(29(36)25-11-6-18-38-25)34-17-16-20-7-2-3-8-22(20)30(34)32(26)23-9-4-5-10-24(23)33-31(32)37/h2-18,26-27,30H,1H3,(H,33,37)/t26-,27+,30+,32+/m0/s1. The summed E-state index contributed by atoms with van der Waals surface area (Å²) in [5.74, 6) is -1.53. The summed E-state index contributed by atoms with van der Waals surface area (Å²) in [6, 6.07) is 25.2. The third-order valence-corrected chi connectivity index (χ3v) is 9.11. The van der Waals surface area contributed by atoms with Gasteiger partial charge in [-0.2, -0.15) is 0 Å². The molecule has 5 nitrogen and oxygen atoms in total. The second-order valence-electron chi connectivity index (χ2n) is 10.2. The third-order valence-electron chi connectivity index (χ3n) is 8.22. The number of anilines is 1. The summed E-state index contributed by atoms with van der Waals surface area (Å²) in [4.78, 5) is 45.8. The Morgan fingerprint density at radius 1 is 0.895 bits per heavy atom. The first-order valence-electron chi connectivity index (χ1n) is 12.7. The van der Waals surface area contributed by atoms with Gasteiger partial charge in [-0.3, -0.25) is 14.4 Å². The number of ketones is 2. The maximum Gasteiger partial charge on any atom is 0.238 e. The molecule has 3 aromatic carbocycles. The topological polar surface area (TPSA) is 66.5 Å². The maximum absolute atomic E-state index is 14.6. The summed E-state index contributed by atoms with van der Waals surface area (Å²) in [5, 5.41) is 4.95. The van der Waals surface area contributed by atoms with Gasteiger partial charge in [-0.25, -0.2) is 0 Å². The van der Waals surface area contributed by atoms with E-state index in [0.29, 0.717) is 16.1 Å². The molecule has 4 aromatic rings. The van der Waals surface area contributed by atoms with Crippen LogP contribution in [0.15, 0.2) is 96.5 Å². The molecular weight excluding hydrogens is 492 g/mol. The number of Topliss-reactive ketones (excluding diaryl/α,β-unsaturated/α-hetero) is 2. The van der Waals surface area contributed by atoms with Gasteiger partial charge >= 0.3 is 0 Å². The van der Waals surface area contributed by atoms with Crippen LogP contribution >= 0.6 is 11.3 Å². The van der Waals surface area contributed by atoms with Crippen LogP contribution in [0.1, 0.15) is 48.3 Å². The van der Waals surface area contributed by atoms with E-state index in [0.717, 1.165) is 22.3 Å². The molecule has 38 heavy (non-hydrogen) atoms. The predicted molar refractivity (Wildman–Crippen MR) is 148 cm³/mol. The van der Waals surface area contributed by atoms with E-state index in [4.69, 9.17) is 0 Å². The molecule has 1 amide bonds. The van der Waals surface area contributed by atoms with Crippen LogP contribution in [0, 0.1) is 12.8 Å². The van der Waals surface area contributed by atoms with Crippen LogP contribution < -0.4 is 5.32 Å². The van der Waals surface area contributed by atoms with Gasteiger partial charge in [0.25, 0.3) is 0 Å². The zero-order valence-electron chi connectivity index (χ0n) is 20.6. The molecule has 3 aliphatic rings. The Hall–Kier alpha value is -4.29. The Labute approximate surface area is 224 Å². The predicted octanol–water partition coefficient (Wildman–Crippen LogP) is 6.04. The fourth-order valence-corrected chi connectivity index (χ4v) is 7.33. The van der Waals surface area contributed by atoms with E-state index in [-0.39, 0.29) is 17.5 Å². The Bertz CT molecular complexity index is 1640. The van der Waals surface area contributed by atoms with Crippen LogP contribution in [0.5, 0.6) is 0 Å². The Balaban J connectivity index is 1.55. The minimum atomic E-state index is -1.29. The number of fused-ring (bicyclic) bond motifs is 6. The minimum Gasteiger partial charge on any atom is -0.358 e. The molecule has 0 saturated carbocycles. The van der Waals surface area contributed by atoms with E-state index in [1.54, 1.807) is 18.2 Å². The molecule has 1 fully saturated rings. The van der Waals surface area contributed by atoms with Crippen molar-refractivity contribution in [2.24, 2.45) is 5.92 Å². The molecule has 4 heterocycles. The van der Waals surface area contributed by atoms with Crippen molar-refractivity contribution in [3.05, 3.63) is 129 Å². The van der Waals surface area contributed by atoms with E-state index in [9.17, 15) is 14.4 Å². The van der Waals surface area contributed by atoms with Gasteiger partial charge in [-0.15, -0.1) is 11.3 Å². The summed E-state index contributed by atoms with van der Waals surface area (Å²) in [7, 11) is 0. The molecule has 6 heteroatoms. The molecule has 0 bridgehead atoms. The van der Waals surface area contributed by atoms with Gasteiger partial charge in [0.2, 0.25) is 5.91 Å². The number of hydrogen-bond acceptors (Lipinski definition) is 5. The summed E-state index contributed by atoms with van der Waals surface area (Å²) < 4.78 is 0. The summed E-state index contributed by atoms with van der Waals surface area (Å²) >= 11 is 1.36. The highest BCUT2D eigenvalue weighted by atomic mass is 32.1. The second-order valence-corrected chi connectivity index (χ2v) is 11.1. The molecule has 1 spiro atoms. The van der Waals surface area contributed by atoms with Gasteiger partial charge in [-0.05, 0) is 47.2 Å². The van der Waals surface area contributed by atoms with E-state index in [2.05, 4.69) is 5.32 Å². The number of carbonyl (C=O) groups is 3. The van der Waals surface area contributed by atoms with E-state index < -0.39 is 23.4 Å². The van der Waals surface area contributed by atoms with Crippen molar-refractivity contribution in [2.45, 2.75) is 24.4 Å². The van der Waals surface area contributed by atoms with Crippen molar-refractivity contribution in [3.63, 3.8) is 0 Å². The SMILES string of the molecule is Cc1ccc(C(=O)[C@@H]2[C@H](C(=O)c3cccs3)N3C=Cc4ccccc4[C@@H]3[C@]23C(=O)Nc2ccccc23)cc1. The molecule has 1 aromatic heterocycles. The fraction of sp³-hybridized carbons (Fsp3) is 0.156. The first kappa shape index (κ1) is 22.9. The number of aryl methyl sites for hydroxylation is 1.